The van der Waals surface area contributed by atoms with Gasteiger partial charge in [0.2, 0.25) is 0 Å². The summed E-state index contributed by atoms with van der Waals surface area (Å²) >= 11 is 0. The number of nitrogens with zero attached hydrogens (tertiary/aromatic N) is 1. The highest BCUT2D eigenvalue weighted by molar-refractivity contribution is 5.95. The largest absolute Gasteiger partial charge is 0.461 e. The SMILES string of the molecule is CCC(CC)OC(=O)CNC(=O)c1ccc(CO)nc1. The zero-order valence-corrected chi connectivity index (χ0v) is 11.8. The molecule has 20 heavy (non-hydrogen) atoms. The summed E-state index contributed by atoms with van der Waals surface area (Å²) in [5.74, 6) is -0.851. The monoisotopic (exact) mass is 280 g/mol. The van der Waals surface area contributed by atoms with Crippen LogP contribution in [-0.4, -0.2) is 34.6 Å². The van der Waals surface area contributed by atoms with Gasteiger partial charge in [-0.3, -0.25) is 14.6 Å². The zero-order valence-electron chi connectivity index (χ0n) is 11.8. The van der Waals surface area contributed by atoms with Crippen LogP contribution in [-0.2, 0) is 16.1 Å². The van der Waals surface area contributed by atoms with Gasteiger partial charge in [-0.1, -0.05) is 13.8 Å². The molecule has 0 aliphatic heterocycles. The van der Waals surface area contributed by atoms with Gasteiger partial charge < -0.3 is 15.2 Å². The molecule has 0 saturated carbocycles. The molecular weight excluding hydrogens is 260 g/mol. The Bertz CT molecular complexity index is 441. The number of ether oxygens (including phenoxy) is 1. The van der Waals surface area contributed by atoms with Crippen molar-refractivity contribution in [2.75, 3.05) is 6.54 Å². The van der Waals surface area contributed by atoms with E-state index in [2.05, 4.69) is 10.3 Å². The van der Waals surface area contributed by atoms with E-state index >= 15 is 0 Å². The van der Waals surface area contributed by atoms with Crippen LogP contribution in [0.1, 0.15) is 42.7 Å². The lowest BCUT2D eigenvalue weighted by atomic mass is 10.2. The molecule has 6 nitrogen and oxygen atoms in total. The first kappa shape index (κ1) is 16.1. The molecule has 0 bridgehead atoms. The van der Waals surface area contributed by atoms with E-state index in [0.29, 0.717) is 11.3 Å². The lowest BCUT2D eigenvalue weighted by Crippen LogP contribution is -2.32. The molecular formula is C14H20N2O4. The normalized spacial score (nSPS) is 10.4. The van der Waals surface area contributed by atoms with Crippen LogP contribution in [0.25, 0.3) is 0 Å². The molecule has 0 radical (unpaired) electrons. The Kier molecular flexibility index (Phi) is 6.66. The summed E-state index contributed by atoms with van der Waals surface area (Å²) < 4.78 is 5.17. The third-order valence-electron chi connectivity index (χ3n) is 2.85. The number of amides is 1. The maximum atomic E-state index is 11.8. The van der Waals surface area contributed by atoms with Gasteiger partial charge in [-0.15, -0.1) is 0 Å². The van der Waals surface area contributed by atoms with Crippen LogP contribution in [0.15, 0.2) is 18.3 Å². The van der Waals surface area contributed by atoms with Gasteiger partial charge in [0.05, 0.1) is 17.9 Å². The Morgan fingerprint density at radius 3 is 2.55 bits per heavy atom. The van der Waals surface area contributed by atoms with Crippen LogP contribution in [0.5, 0.6) is 0 Å². The van der Waals surface area contributed by atoms with E-state index < -0.39 is 11.9 Å². The zero-order chi connectivity index (χ0) is 15.0. The van der Waals surface area contributed by atoms with Crippen LogP contribution < -0.4 is 5.32 Å². The van der Waals surface area contributed by atoms with Gasteiger partial charge in [0.1, 0.15) is 12.6 Å². The van der Waals surface area contributed by atoms with Crippen molar-refractivity contribution in [3.63, 3.8) is 0 Å². The fraction of sp³-hybridized carbons (Fsp3) is 0.500. The minimum atomic E-state index is -0.452. The van der Waals surface area contributed by atoms with E-state index in [0.717, 1.165) is 12.8 Å². The Balaban J connectivity index is 2.44. The number of nitrogens with one attached hydrogen (secondary N) is 1. The van der Waals surface area contributed by atoms with E-state index in [1.54, 1.807) is 12.1 Å². The highest BCUT2D eigenvalue weighted by Gasteiger charge is 2.12. The summed E-state index contributed by atoms with van der Waals surface area (Å²) in [7, 11) is 0. The molecule has 110 valence electrons. The molecule has 2 N–H and O–H groups in total. The van der Waals surface area contributed by atoms with Crippen molar-refractivity contribution >= 4 is 11.9 Å². The predicted molar refractivity (Wildman–Crippen MR) is 73.0 cm³/mol. The standard InChI is InChI=1S/C14H20N2O4/c1-3-12(4-2)20-13(18)8-16-14(19)10-5-6-11(9-17)15-7-10/h5-7,12,17H,3-4,8-9H2,1-2H3,(H,16,19). The van der Waals surface area contributed by atoms with Gasteiger partial charge in [0.15, 0.2) is 0 Å². The maximum Gasteiger partial charge on any atom is 0.325 e. The number of aromatic nitrogens is 1. The lowest BCUT2D eigenvalue weighted by Gasteiger charge is -2.14. The second kappa shape index (κ2) is 8.27. The highest BCUT2D eigenvalue weighted by Crippen LogP contribution is 2.03. The topological polar surface area (TPSA) is 88.5 Å². The van der Waals surface area contributed by atoms with Gasteiger partial charge >= 0.3 is 5.97 Å². The maximum absolute atomic E-state index is 11.8. The summed E-state index contributed by atoms with van der Waals surface area (Å²) in [6, 6.07) is 3.09. The van der Waals surface area contributed by atoms with E-state index in [4.69, 9.17) is 9.84 Å². The summed E-state index contributed by atoms with van der Waals surface area (Å²) in [6.45, 7) is 3.53. The second-order valence-electron chi connectivity index (χ2n) is 4.31. The Morgan fingerprint density at radius 2 is 2.05 bits per heavy atom. The Labute approximate surface area is 118 Å². The third-order valence-corrected chi connectivity index (χ3v) is 2.85. The van der Waals surface area contributed by atoms with Crippen LogP contribution in [0, 0.1) is 0 Å². The van der Waals surface area contributed by atoms with Crippen LogP contribution in [0.3, 0.4) is 0 Å². The molecule has 0 saturated heterocycles. The number of esters is 1. The molecule has 1 rings (SSSR count). The van der Waals surface area contributed by atoms with Crippen LogP contribution in [0.4, 0.5) is 0 Å². The quantitative estimate of drug-likeness (QED) is 0.728. The lowest BCUT2D eigenvalue weighted by molar-refractivity contribution is -0.148. The Morgan fingerprint density at radius 1 is 1.35 bits per heavy atom. The van der Waals surface area contributed by atoms with Crippen molar-refractivity contribution in [3.05, 3.63) is 29.6 Å². The number of carbonyl (C=O) groups excluding carboxylic acids is 2. The third kappa shape index (κ3) is 4.97. The molecule has 0 aromatic carbocycles. The fourth-order valence-electron chi connectivity index (χ4n) is 1.59. The van der Waals surface area contributed by atoms with Gasteiger partial charge in [-0.25, -0.2) is 0 Å². The fourth-order valence-corrected chi connectivity index (χ4v) is 1.59. The number of hydrogen-bond acceptors (Lipinski definition) is 5. The number of aliphatic hydroxyl groups excluding tert-OH is 1. The first-order valence-electron chi connectivity index (χ1n) is 6.64. The number of aliphatic hydroxyl groups is 1. The molecule has 0 atom stereocenters. The Hall–Kier alpha value is -1.95. The van der Waals surface area contributed by atoms with E-state index in [9.17, 15) is 9.59 Å². The second-order valence-corrected chi connectivity index (χ2v) is 4.31. The smallest absolute Gasteiger partial charge is 0.325 e. The van der Waals surface area contributed by atoms with E-state index in [-0.39, 0.29) is 19.3 Å². The average Bonchev–Trinajstić information content (AvgIpc) is 2.50. The minimum Gasteiger partial charge on any atom is -0.461 e. The summed E-state index contributed by atoms with van der Waals surface area (Å²) in [5, 5.41) is 11.3. The van der Waals surface area contributed by atoms with Gasteiger partial charge in [0, 0.05) is 6.20 Å². The molecule has 0 fully saturated rings. The molecule has 1 aromatic rings. The first-order chi connectivity index (χ1) is 9.60. The molecule has 1 amide bonds. The molecule has 0 spiro atoms. The molecule has 0 unspecified atom stereocenters. The van der Waals surface area contributed by atoms with Crippen molar-refractivity contribution in [1.82, 2.24) is 10.3 Å². The van der Waals surface area contributed by atoms with E-state index in [1.807, 2.05) is 13.8 Å². The number of pyridine rings is 1. The average molecular weight is 280 g/mol. The van der Waals surface area contributed by atoms with Crippen LogP contribution in [0.2, 0.25) is 0 Å². The molecule has 1 aromatic heterocycles. The van der Waals surface area contributed by atoms with Crippen LogP contribution >= 0.6 is 0 Å². The molecule has 0 aliphatic rings. The first-order valence-corrected chi connectivity index (χ1v) is 6.64. The molecule has 6 heteroatoms. The molecule has 0 aliphatic carbocycles. The summed E-state index contributed by atoms with van der Waals surface area (Å²) in [4.78, 5) is 27.2. The van der Waals surface area contributed by atoms with Crippen molar-refractivity contribution < 1.29 is 19.4 Å². The van der Waals surface area contributed by atoms with Gasteiger partial charge in [-0.2, -0.15) is 0 Å². The summed E-state index contributed by atoms with van der Waals surface area (Å²) in [5.41, 5.74) is 0.812. The highest BCUT2D eigenvalue weighted by atomic mass is 16.5. The van der Waals surface area contributed by atoms with Crippen molar-refractivity contribution in [3.8, 4) is 0 Å². The number of carbonyl (C=O) groups is 2. The number of rotatable bonds is 7. The van der Waals surface area contributed by atoms with E-state index in [1.165, 1.54) is 6.20 Å². The van der Waals surface area contributed by atoms with Gasteiger partial charge in [0.25, 0.3) is 5.91 Å². The van der Waals surface area contributed by atoms with Gasteiger partial charge in [-0.05, 0) is 25.0 Å². The predicted octanol–water partition coefficient (Wildman–Crippen LogP) is 1.04. The van der Waals surface area contributed by atoms with Crippen molar-refractivity contribution in [2.24, 2.45) is 0 Å². The van der Waals surface area contributed by atoms with Crippen molar-refractivity contribution in [1.29, 1.82) is 0 Å². The molecule has 1 heterocycles. The number of hydrogen-bond donors (Lipinski definition) is 2. The summed E-state index contributed by atoms with van der Waals surface area (Å²) in [6.07, 6.45) is 2.75. The van der Waals surface area contributed by atoms with Crippen molar-refractivity contribution in [2.45, 2.75) is 39.4 Å². The minimum absolute atomic E-state index is 0.107.